The molecule has 1 saturated carbocycles. The van der Waals surface area contributed by atoms with E-state index in [2.05, 4.69) is 43.7 Å². The maximum absolute atomic E-state index is 12.0. The summed E-state index contributed by atoms with van der Waals surface area (Å²) in [6.07, 6.45) is 4.34. The van der Waals surface area contributed by atoms with Crippen molar-refractivity contribution >= 4 is 44.0 Å². The molecule has 0 radical (unpaired) electrons. The highest BCUT2D eigenvalue weighted by atomic mass is 79.9. The minimum absolute atomic E-state index is 0.336. The zero-order chi connectivity index (χ0) is 15.9. The molecular formula is C15H24BrN3OS2. The van der Waals surface area contributed by atoms with Crippen molar-refractivity contribution in [3.8, 4) is 0 Å². The second-order valence-electron chi connectivity index (χ2n) is 5.43. The molecule has 0 saturated heterocycles. The van der Waals surface area contributed by atoms with E-state index in [0.717, 1.165) is 47.7 Å². The smallest absolute Gasteiger partial charge is 0.191 e. The number of aliphatic imine (C=N–C) groups is 1. The molecule has 0 spiro atoms. The number of rotatable bonds is 5. The first-order valence-electron chi connectivity index (χ1n) is 7.71. The lowest BCUT2D eigenvalue weighted by Crippen LogP contribution is -2.46. The fraction of sp³-hybridized carbons (Fsp3) is 0.667. The van der Waals surface area contributed by atoms with Gasteiger partial charge in [0.2, 0.25) is 0 Å². The number of hydrogen-bond donors (Lipinski definition) is 2. The van der Waals surface area contributed by atoms with Gasteiger partial charge in [0.05, 0.1) is 10.3 Å². The Morgan fingerprint density at radius 1 is 1.50 bits per heavy atom. The Bertz CT molecular complexity index is 533. The van der Waals surface area contributed by atoms with Crippen LogP contribution in [0.3, 0.4) is 0 Å². The quantitative estimate of drug-likeness (QED) is 0.583. The molecule has 1 aromatic heterocycles. The first-order valence-corrected chi connectivity index (χ1v) is 10.7. The van der Waals surface area contributed by atoms with E-state index < -0.39 is 10.8 Å². The first-order chi connectivity index (χ1) is 10.6. The average Bonchev–Trinajstić information content (AvgIpc) is 2.96. The van der Waals surface area contributed by atoms with Gasteiger partial charge in [0.15, 0.2) is 5.96 Å². The fourth-order valence-corrected chi connectivity index (χ4v) is 5.53. The Morgan fingerprint density at radius 2 is 2.32 bits per heavy atom. The summed E-state index contributed by atoms with van der Waals surface area (Å²) in [5, 5.41) is 7.18. The minimum atomic E-state index is -0.685. The second-order valence-corrected chi connectivity index (χ2v) is 9.98. The standard InChI is InChI=1S/C15H24BrN3OS2/c1-3-22(20)13-6-4-5-11(9-13)19-15(17-2)18-10-12-7-8-14(16)21-12/h7-8,11,13H,3-6,9-10H2,1-2H3,(H2,17,18,19). The molecule has 1 aliphatic rings. The Kier molecular flexibility index (Phi) is 7.37. The topological polar surface area (TPSA) is 53.5 Å². The second kappa shape index (κ2) is 9.03. The summed E-state index contributed by atoms with van der Waals surface area (Å²) in [4.78, 5) is 5.57. The van der Waals surface area contributed by atoms with Gasteiger partial charge in [-0.15, -0.1) is 11.3 Å². The van der Waals surface area contributed by atoms with E-state index in [0.29, 0.717) is 11.3 Å². The normalized spacial score (nSPS) is 24.0. The Hall–Kier alpha value is -0.400. The lowest BCUT2D eigenvalue weighted by Gasteiger charge is -2.30. The fourth-order valence-electron chi connectivity index (χ4n) is 2.76. The summed E-state index contributed by atoms with van der Waals surface area (Å²) in [5.74, 6) is 1.59. The van der Waals surface area contributed by atoms with Gasteiger partial charge in [-0.05, 0) is 47.3 Å². The zero-order valence-electron chi connectivity index (χ0n) is 13.1. The van der Waals surface area contributed by atoms with E-state index in [-0.39, 0.29) is 0 Å². The van der Waals surface area contributed by atoms with Gasteiger partial charge in [-0.25, -0.2) is 0 Å². The lowest BCUT2D eigenvalue weighted by atomic mass is 9.95. The molecule has 4 nitrogen and oxygen atoms in total. The summed E-state index contributed by atoms with van der Waals surface area (Å²) in [5.41, 5.74) is 0. The summed E-state index contributed by atoms with van der Waals surface area (Å²) >= 11 is 5.20. The summed E-state index contributed by atoms with van der Waals surface area (Å²) in [6, 6.07) is 4.54. The maximum atomic E-state index is 12.0. The van der Waals surface area contributed by atoms with Gasteiger partial charge in [0.1, 0.15) is 0 Å². The highest BCUT2D eigenvalue weighted by Crippen LogP contribution is 2.23. The van der Waals surface area contributed by atoms with Crippen LogP contribution in [0.2, 0.25) is 0 Å². The maximum Gasteiger partial charge on any atom is 0.191 e. The van der Waals surface area contributed by atoms with Crippen molar-refractivity contribution in [1.29, 1.82) is 0 Å². The predicted octanol–water partition coefficient (Wildman–Crippen LogP) is 3.26. The van der Waals surface area contributed by atoms with Crippen molar-refractivity contribution in [1.82, 2.24) is 10.6 Å². The molecule has 1 heterocycles. The number of hydrogen-bond acceptors (Lipinski definition) is 3. The molecule has 1 aliphatic carbocycles. The SMILES string of the molecule is CCS(=O)C1CCCC(NC(=NC)NCc2ccc(Br)s2)C1. The molecule has 0 amide bonds. The molecular weight excluding hydrogens is 382 g/mol. The Labute approximate surface area is 147 Å². The van der Waals surface area contributed by atoms with Crippen molar-refractivity contribution in [2.24, 2.45) is 4.99 Å². The van der Waals surface area contributed by atoms with Gasteiger partial charge < -0.3 is 10.6 Å². The van der Waals surface area contributed by atoms with Crippen LogP contribution in [-0.2, 0) is 17.3 Å². The van der Waals surface area contributed by atoms with Crippen LogP contribution in [0.5, 0.6) is 0 Å². The van der Waals surface area contributed by atoms with Gasteiger partial charge in [-0.2, -0.15) is 0 Å². The van der Waals surface area contributed by atoms with Crippen LogP contribution >= 0.6 is 27.3 Å². The number of halogens is 1. The van der Waals surface area contributed by atoms with E-state index in [1.807, 2.05) is 6.92 Å². The van der Waals surface area contributed by atoms with Crippen molar-refractivity contribution in [2.75, 3.05) is 12.8 Å². The number of guanidine groups is 1. The van der Waals surface area contributed by atoms with E-state index in [4.69, 9.17) is 0 Å². The largest absolute Gasteiger partial charge is 0.354 e. The van der Waals surface area contributed by atoms with Gasteiger partial charge in [-0.3, -0.25) is 9.20 Å². The molecule has 124 valence electrons. The van der Waals surface area contributed by atoms with Crippen molar-refractivity contribution in [2.45, 2.75) is 50.4 Å². The van der Waals surface area contributed by atoms with E-state index in [1.165, 1.54) is 4.88 Å². The van der Waals surface area contributed by atoms with E-state index in [9.17, 15) is 4.21 Å². The van der Waals surface area contributed by atoms with Crippen LogP contribution in [0.15, 0.2) is 20.9 Å². The summed E-state index contributed by atoms with van der Waals surface area (Å²) in [6.45, 7) is 2.78. The molecule has 3 unspecified atom stereocenters. The van der Waals surface area contributed by atoms with Crippen LogP contribution in [-0.4, -0.2) is 34.3 Å². The van der Waals surface area contributed by atoms with Crippen LogP contribution in [0.25, 0.3) is 0 Å². The van der Waals surface area contributed by atoms with Crippen LogP contribution in [0, 0.1) is 0 Å². The van der Waals surface area contributed by atoms with Crippen molar-refractivity contribution < 1.29 is 4.21 Å². The molecule has 1 aromatic rings. The summed E-state index contributed by atoms with van der Waals surface area (Å²) in [7, 11) is 1.11. The molecule has 0 aromatic carbocycles. The van der Waals surface area contributed by atoms with Gasteiger partial charge >= 0.3 is 0 Å². The molecule has 7 heteroatoms. The lowest BCUT2D eigenvalue weighted by molar-refractivity contribution is 0.413. The molecule has 3 atom stereocenters. The molecule has 0 aliphatic heterocycles. The molecule has 1 fully saturated rings. The molecule has 2 rings (SSSR count). The monoisotopic (exact) mass is 405 g/mol. The van der Waals surface area contributed by atoms with Crippen LogP contribution < -0.4 is 10.6 Å². The Balaban J connectivity index is 1.83. The van der Waals surface area contributed by atoms with Gasteiger partial charge in [0, 0.05) is 39.8 Å². The third-order valence-corrected chi connectivity index (χ3v) is 7.27. The number of thiophene rings is 1. The molecule has 22 heavy (non-hydrogen) atoms. The average molecular weight is 406 g/mol. The van der Waals surface area contributed by atoms with E-state index in [1.54, 1.807) is 18.4 Å². The third-order valence-electron chi connectivity index (χ3n) is 3.91. The summed E-state index contributed by atoms with van der Waals surface area (Å²) < 4.78 is 13.2. The van der Waals surface area contributed by atoms with Gasteiger partial charge in [0.25, 0.3) is 0 Å². The van der Waals surface area contributed by atoms with Crippen LogP contribution in [0.1, 0.15) is 37.5 Å². The highest BCUT2D eigenvalue weighted by molar-refractivity contribution is 9.11. The van der Waals surface area contributed by atoms with Gasteiger partial charge in [-0.1, -0.05) is 13.3 Å². The van der Waals surface area contributed by atoms with Crippen LogP contribution in [0.4, 0.5) is 0 Å². The number of nitrogens with one attached hydrogen (secondary N) is 2. The third kappa shape index (κ3) is 5.35. The highest BCUT2D eigenvalue weighted by Gasteiger charge is 2.25. The Morgan fingerprint density at radius 3 is 2.95 bits per heavy atom. The minimum Gasteiger partial charge on any atom is -0.354 e. The molecule has 0 bridgehead atoms. The van der Waals surface area contributed by atoms with Crippen molar-refractivity contribution in [3.05, 3.63) is 20.8 Å². The zero-order valence-corrected chi connectivity index (χ0v) is 16.3. The van der Waals surface area contributed by atoms with Crippen molar-refractivity contribution in [3.63, 3.8) is 0 Å². The van der Waals surface area contributed by atoms with E-state index >= 15 is 0 Å². The predicted molar refractivity (Wildman–Crippen MR) is 100 cm³/mol. The first kappa shape index (κ1) is 17.9. The number of nitrogens with zero attached hydrogens (tertiary/aromatic N) is 1. The molecule has 2 N–H and O–H groups in total.